The van der Waals surface area contributed by atoms with Crippen LogP contribution in [0.15, 0.2) is 24.3 Å². The fourth-order valence-electron chi connectivity index (χ4n) is 2.16. The van der Waals surface area contributed by atoms with Gasteiger partial charge in [-0.25, -0.2) is 4.79 Å². The number of amides is 1. The van der Waals surface area contributed by atoms with E-state index in [1.807, 2.05) is 33.9 Å². The van der Waals surface area contributed by atoms with Crippen molar-refractivity contribution in [2.45, 2.75) is 63.6 Å². The van der Waals surface area contributed by atoms with Gasteiger partial charge < -0.3 is 20.0 Å². The Labute approximate surface area is 169 Å². The zero-order valence-electron chi connectivity index (χ0n) is 17.1. The quantitative estimate of drug-likeness (QED) is 0.541. The number of aliphatic hydroxyl groups excluding tert-OH is 1. The molecule has 10 heteroatoms. The zero-order chi connectivity index (χ0) is 22.6. The molecule has 29 heavy (non-hydrogen) atoms. The van der Waals surface area contributed by atoms with Crippen molar-refractivity contribution < 1.29 is 37.4 Å². The number of nitrogens with one attached hydrogen (secondary N) is 1. The van der Waals surface area contributed by atoms with Gasteiger partial charge in [0.15, 0.2) is 14.4 Å². The number of halogens is 3. The van der Waals surface area contributed by atoms with Crippen LogP contribution >= 0.6 is 0 Å². The molecule has 3 N–H and O–H groups in total. The zero-order valence-corrected chi connectivity index (χ0v) is 18.1. The lowest BCUT2D eigenvalue weighted by Gasteiger charge is -2.36. The smallest absolute Gasteiger partial charge is 0.416 e. The minimum atomic E-state index is -4.54. The molecule has 0 aliphatic rings. The number of hydrogen-bond donors (Lipinski definition) is 3. The third-order valence-corrected chi connectivity index (χ3v) is 9.63. The van der Waals surface area contributed by atoms with Crippen molar-refractivity contribution in [3.8, 4) is 0 Å². The van der Waals surface area contributed by atoms with E-state index < -0.39 is 44.1 Å². The van der Waals surface area contributed by atoms with E-state index in [9.17, 15) is 33.0 Å². The minimum Gasteiger partial charge on any atom is -0.480 e. The normalized spacial score (nSPS) is 14.9. The second-order valence-electron chi connectivity index (χ2n) is 8.32. The van der Waals surface area contributed by atoms with Crippen molar-refractivity contribution in [2.24, 2.45) is 0 Å². The average molecular weight is 436 g/mol. The molecule has 2 atom stereocenters. The highest BCUT2D eigenvalue weighted by molar-refractivity contribution is 6.74. The van der Waals surface area contributed by atoms with Crippen molar-refractivity contribution in [3.63, 3.8) is 0 Å². The number of carbonyl (C=O) groups is 2. The summed E-state index contributed by atoms with van der Waals surface area (Å²) in [7, 11) is -2.09. The molecule has 1 aromatic rings. The fraction of sp³-hybridized carbons (Fsp3) is 0.579. The van der Waals surface area contributed by atoms with Gasteiger partial charge in [0.2, 0.25) is 0 Å². The molecule has 0 heterocycles. The van der Waals surface area contributed by atoms with Gasteiger partial charge in [-0.15, -0.1) is 0 Å². The van der Waals surface area contributed by atoms with E-state index >= 15 is 0 Å². The predicted octanol–water partition coefficient (Wildman–Crippen LogP) is 3.72. The number of alkyl halides is 3. The SMILES string of the molecule is CC(C)(C)[Si](C)(C)OCC[C@@H](NC(=O)[C@@H](O)c1ccc(C(F)(F)F)cc1)C(=O)O. The number of rotatable bonds is 8. The molecule has 0 aliphatic heterocycles. The van der Waals surface area contributed by atoms with Crippen molar-refractivity contribution in [1.82, 2.24) is 5.32 Å². The first kappa shape index (κ1) is 25.1. The molecule has 0 bridgehead atoms. The van der Waals surface area contributed by atoms with Gasteiger partial charge in [-0.05, 0) is 35.8 Å². The predicted molar refractivity (Wildman–Crippen MR) is 104 cm³/mol. The van der Waals surface area contributed by atoms with Gasteiger partial charge in [0.1, 0.15) is 6.04 Å². The largest absolute Gasteiger partial charge is 0.480 e. The van der Waals surface area contributed by atoms with Gasteiger partial charge in [-0.3, -0.25) is 4.79 Å². The van der Waals surface area contributed by atoms with Gasteiger partial charge in [-0.2, -0.15) is 13.2 Å². The fourth-order valence-corrected chi connectivity index (χ4v) is 3.22. The summed E-state index contributed by atoms with van der Waals surface area (Å²) < 4.78 is 43.7. The average Bonchev–Trinajstić information content (AvgIpc) is 2.58. The first-order valence-corrected chi connectivity index (χ1v) is 12.0. The Bertz CT molecular complexity index is 714. The molecule has 0 saturated carbocycles. The Kier molecular flexibility index (Phi) is 8.03. The standard InChI is InChI=1S/C19H28F3NO5Si/c1-18(2,3)29(4,5)28-11-10-14(17(26)27)23-16(25)15(24)12-6-8-13(9-7-12)19(20,21)22/h6-9,14-15,24H,10-11H2,1-5H3,(H,23,25)(H,26,27)/t14-,15+/m1/s1. The van der Waals surface area contributed by atoms with Crippen molar-refractivity contribution >= 4 is 20.2 Å². The van der Waals surface area contributed by atoms with Crippen LogP contribution in [0.1, 0.15) is 44.4 Å². The van der Waals surface area contributed by atoms with Gasteiger partial charge >= 0.3 is 12.1 Å². The minimum absolute atomic E-state index is 0.00663. The Morgan fingerprint density at radius 1 is 1.14 bits per heavy atom. The number of benzene rings is 1. The monoisotopic (exact) mass is 435 g/mol. The summed E-state index contributed by atoms with van der Waals surface area (Å²) in [5, 5.41) is 21.5. The van der Waals surface area contributed by atoms with E-state index in [1.54, 1.807) is 0 Å². The molecule has 0 saturated heterocycles. The molecule has 0 aromatic heterocycles. The van der Waals surface area contributed by atoms with Crippen LogP contribution in [0.4, 0.5) is 13.2 Å². The van der Waals surface area contributed by atoms with Crippen LogP contribution < -0.4 is 5.32 Å². The van der Waals surface area contributed by atoms with Gasteiger partial charge in [0.05, 0.1) is 5.56 Å². The third kappa shape index (κ3) is 7.13. The second-order valence-corrected chi connectivity index (χ2v) is 13.1. The topological polar surface area (TPSA) is 95.9 Å². The highest BCUT2D eigenvalue weighted by Gasteiger charge is 2.37. The number of carboxylic acid groups (broad SMARTS) is 1. The molecule has 0 spiro atoms. The van der Waals surface area contributed by atoms with Crippen LogP contribution in [0.2, 0.25) is 18.1 Å². The maximum atomic E-state index is 12.6. The van der Waals surface area contributed by atoms with Crippen LogP contribution in [0.5, 0.6) is 0 Å². The van der Waals surface area contributed by atoms with Crippen LogP contribution in [-0.2, 0) is 20.2 Å². The van der Waals surface area contributed by atoms with Crippen molar-refractivity contribution in [2.75, 3.05) is 6.61 Å². The molecule has 0 fully saturated rings. The first-order chi connectivity index (χ1) is 13.1. The van der Waals surface area contributed by atoms with E-state index in [0.717, 1.165) is 24.3 Å². The van der Waals surface area contributed by atoms with Crippen LogP contribution in [0.25, 0.3) is 0 Å². The van der Waals surface area contributed by atoms with E-state index in [1.165, 1.54) is 0 Å². The van der Waals surface area contributed by atoms with Crippen molar-refractivity contribution in [1.29, 1.82) is 0 Å². The van der Waals surface area contributed by atoms with Crippen molar-refractivity contribution in [3.05, 3.63) is 35.4 Å². The summed E-state index contributed by atoms with van der Waals surface area (Å²) >= 11 is 0. The summed E-state index contributed by atoms with van der Waals surface area (Å²) in [5.74, 6) is -2.30. The Morgan fingerprint density at radius 2 is 1.66 bits per heavy atom. The molecule has 1 rings (SSSR count). The number of carbonyl (C=O) groups excluding carboxylic acids is 1. The van der Waals surface area contributed by atoms with Gasteiger partial charge in [0, 0.05) is 13.0 Å². The molecule has 1 amide bonds. The van der Waals surface area contributed by atoms with Gasteiger partial charge in [-0.1, -0.05) is 32.9 Å². The lowest BCUT2D eigenvalue weighted by Crippen LogP contribution is -2.45. The molecule has 0 aliphatic carbocycles. The van der Waals surface area contributed by atoms with E-state index in [-0.39, 0.29) is 23.6 Å². The Morgan fingerprint density at radius 3 is 2.07 bits per heavy atom. The maximum absolute atomic E-state index is 12.6. The molecular formula is C19H28F3NO5Si. The molecule has 0 unspecified atom stereocenters. The number of aliphatic carboxylic acids is 1. The summed E-state index contributed by atoms with van der Waals surface area (Å²) in [6.45, 7) is 10.2. The summed E-state index contributed by atoms with van der Waals surface area (Å²) in [4.78, 5) is 23.6. The molecular weight excluding hydrogens is 407 g/mol. The number of hydrogen-bond acceptors (Lipinski definition) is 4. The first-order valence-electron chi connectivity index (χ1n) is 9.08. The molecule has 0 radical (unpaired) electrons. The highest BCUT2D eigenvalue weighted by Crippen LogP contribution is 2.36. The Balaban J connectivity index is 2.73. The maximum Gasteiger partial charge on any atom is 0.416 e. The number of carboxylic acids is 1. The van der Waals surface area contributed by atoms with E-state index in [2.05, 4.69) is 5.32 Å². The molecule has 164 valence electrons. The molecule has 1 aromatic carbocycles. The van der Waals surface area contributed by atoms with Crippen LogP contribution in [0.3, 0.4) is 0 Å². The second kappa shape index (κ2) is 9.27. The summed E-state index contributed by atoms with van der Waals surface area (Å²) in [6, 6.07) is 2.14. The summed E-state index contributed by atoms with van der Waals surface area (Å²) in [6.07, 6.45) is -6.34. The highest BCUT2D eigenvalue weighted by atomic mass is 28.4. The van der Waals surface area contributed by atoms with E-state index in [4.69, 9.17) is 4.43 Å². The lowest BCUT2D eigenvalue weighted by atomic mass is 10.1. The van der Waals surface area contributed by atoms with E-state index in [0.29, 0.717) is 0 Å². The number of aliphatic hydroxyl groups is 1. The third-order valence-electron chi connectivity index (χ3n) is 5.09. The van der Waals surface area contributed by atoms with Crippen LogP contribution in [-0.4, -0.2) is 43.1 Å². The molecule has 6 nitrogen and oxygen atoms in total. The summed E-state index contributed by atoms with van der Waals surface area (Å²) in [5.41, 5.74) is -0.989. The Hall–Kier alpha value is -1.91. The lowest BCUT2D eigenvalue weighted by molar-refractivity contribution is -0.144. The van der Waals surface area contributed by atoms with Crippen LogP contribution in [0, 0.1) is 0 Å². The van der Waals surface area contributed by atoms with Gasteiger partial charge in [0.25, 0.3) is 5.91 Å².